The highest BCUT2D eigenvalue weighted by Crippen LogP contribution is 2.46. The van der Waals surface area contributed by atoms with Gasteiger partial charge in [-0.3, -0.25) is 9.69 Å². The number of benzene rings is 2. The Morgan fingerprint density at radius 1 is 1.12 bits per heavy atom. The van der Waals surface area contributed by atoms with Crippen molar-refractivity contribution in [2.45, 2.75) is 11.4 Å². The minimum absolute atomic E-state index is 0.0612. The standard InChI is InChI=1S/C18H16N2O2S2/c1-22-14-9-7-12(8-10-14)17-20-15(11-24-17)16(21)19(18(20)23)13-5-3-2-4-6-13/h2-10,15,17H,11H2,1H3. The Labute approximate surface area is 150 Å². The van der Waals surface area contributed by atoms with Crippen LogP contribution >= 0.6 is 24.0 Å². The molecule has 2 saturated heterocycles. The van der Waals surface area contributed by atoms with Gasteiger partial charge in [-0.2, -0.15) is 0 Å². The largest absolute Gasteiger partial charge is 0.497 e. The van der Waals surface area contributed by atoms with E-state index in [-0.39, 0.29) is 17.3 Å². The lowest BCUT2D eigenvalue weighted by molar-refractivity contribution is -0.119. The van der Waals surface area contributed by atoms with Crippen molar-refractivity contribution in [1.82, 2.24) is 4.90 Å². The zero-order valence-electron chi connectivity index (χ0n) is 13.1. The predicted octanol–water partition coefficient (Wildman–Crippen LogP) is 3.44. The quantitative estimate of drug-likeness (QED) is 0.787. The average molecular weight is 356 g/mol. The van der Waals surface area contributed by atoms with E-state index >= 15 is 0 Å². The second-order valence-electron chi connectivity index (χ2n) is 5.67. The molecule has 0 bridgehead atoms. The van der Waals surface area contributed by atoms with Crippen LogP contribution in [0.3, 0.4) is 0 Å². The smallest absolute Gasteiger partial charge is 0.257 e. The Bertz CT molecular complexity index is 779. The molecule has 2 aromatic carbocycles. The molecule has 0 radical (unpaired) electrons. The minimum atomic E-state index is -0.185. The number of rotatable bonds is 3. The Morgan fingerprint density at radius 3 is 2.50 bits per heavy atom. The summed E-state index contributed by atoms with van der Waals surface area (Å²) in [6.45, 7) is 0. The number of anilines is 1. The zero-order chi connectivity index (χ0) is 16.7. The van der Waals surface area contributed by atoms with E-state index in [0.29, 0.717) is 5.11 Å². The molecule has 2 unspecified atom stereocenters. The van der Waals surface area contributed by atoms with Gasteiger partial charge < -0.3 is 9.64 Å². The number of nitrogens with zero attached hydrogens (tertiary/aromatic N) is 2. The van der Waals surface area contributed by atoms with Gasteiger partial charge in [-0.1, -0.05) is 30.3 Å². The first-order valence-electron chi connectivity index (χ1n) is 7.67. The van der Waals surface area contributed by atoms with Gasteiger partial charge in [0.25, 0.3) is 5.91 Å². The molecule has 6 heteroatoms. The van der Waals surface area contributed by atoms with Gasteiger partial charge >= 0.3 is 0 Å². The molecule has 2 aliphatic rings. The third-order valence-electron chi connectivity index (χ3n) is 4.33. The van der Waals surface area contributed by atoms with Crippen molar-refractivity contribution < 1.29 is 9.53 Å². The van der Waals surface area contributed by atoms with Crippen molar-refractivity contribution in [2.75, 3.05) is 17.8 Å². The average Bonchev–Trinajstić information content (AvgIpc) is 3.17. The molecule has 4 nitrogen and oxygen atoms in total. The molecule has 2 aliphatic heterocycles. The molecule has 0 saturated carbocycles. The van der Waals surface area contributed by atoms with Gasteiger partial charge in [0.15, 0.2) is 5.11 Å². The lowest BCUT2D eigenvalue weighted by atomic mass is 10.2. The van der Waals surface area contributed by atoms with Gasteiger partial charge in [-0.15, -0.1) is 11.8 Å². The van der Waals surface area contributed by atoms with Crippen LogP contribution < -0.4 is 9.64 Å². The number of carbonyl (C=O) groups is 1. The first-order chi connectivity index (χ1) is 11.7. The van der Waals surface area contributed by atoms with Crippen molar-refractivity contribution in [3.63, 3.8) is 0 Å². The van der Waals surface area contributed by atoms with Gasteiger partial charge in [-0.25, -0.2) is 0 Å². The Morgan fingerprint density at radius 2 is 1.83 bits per heavy atom. The number of methoxy groups -OCH3 is 1. The Hall–Kier alpha value is -2.05. The summed E-state index contributed by atoms with van der Waals surface area (Å²) in [6, 6.07) is 17.4. The first kappa shape index (κ1) is 15.5. The third-order valence-corrected chi connectivity index (χ3v) is 6.05. The lowest BCUT2D eigenvalue weighted by Gasteiger charge is -2.25. The molecule has 2 aromatic rings. The number of fused-ring (bicyclic) bond motifs is 1. The van der Waals surface area contributed by atoms with Gasteiger partial charge in [0.2, 0.25) is 0 Å². The maximum absolute atomic E-state index is 12.8. The summed E-state index contributed by atoms with van der Waals surface area (Å²) >= 11 is 7.41. The summed E-state index contributed by atoms with van der Waals surface area (Å²) in [5.41, 5.74) is 1.97. The van der Waals surface area contributed by atoms with E-state index < -0.39 is 0 Å². The second kappa shape index (κ2) is 6.11. The molecular formula is C18H16N2O2S2. The Kier molecular flexibility index (Phi) is 3.94. The van der Waals surface area contributed by atoms with Crippen LogP contribution in [-0.2, 0) is 4.79 Å². The van der Waals surface area contributed by atoms with Crippen molar-refractivity contribution in [1.29, 1.82) is 0 Å². The fourth-order valence-electron chi connectivity index (χ4n) is 3.13. The third kappa shape index (κ3) is 2.37. The minimum Gasteiger partial charge on any atom is -0.497 e. The molecule has 0 spiro atoms. The van der Waals surface area contributed by atoms with Crippen molar-refractivity contribution >= 4 is 40.7 Å². The number of hydrogen-bond acceptors (Lipinski definition) is 4. The van der Waals surface area contributed by atoms with E-state index in [4.69, 9.17) is 17.0 Å². The molecule has 4 rings (SSSR count). The molecule has 2 fully saturated rings. The van der Waals surface area contributed by atoms with Crippen LogP contribution in [-0.4, -0.2) is 34.8 Å². The van der Waals surface area contributed by atoms with Crippen LogP contribution in [0, 0.1) is 0 Å². The highest BCUT2D eigenvalue weighted by molar-refractivity contribution is 7.99. The number of hydrogen-bond donors (Lipinski definition) is 0. The van der Waals surface area contributed by atoms with Crippen LogP contribution in [0.1, 0.15) is 10.9 Å². The highest BCUT2D eigenvalue weighted by Gasteiger charge is 2.50. The van der Waals surface area contributed by atoms with E-state index in [0.717, 1.165) is 22.8 Å². The molecule has 122 valence electrons. The van der Waals surface area contributed by atoms with Crippen molar-refractivity contribution in [3.8, 4) is 5.75 Å². The summed E-state index contributed by atoms with van der Waals surface area (Å²) < 4.78 is 5.22. The molecule has 0 N–H and O–H groups in total. The summed E-state index contributed by atoms with van der Waals surface area (Å²) in [7, 11) is 1.65. The summed E-state index contributed by atoms with van der Waals surface area (Å²) in [5, 5.41) is 0.646. The van der Waals surface area contributed by atoms with Crippen LogP contribution in [0.2, 0.25) is 0 Å². The zero-order valence-corrected chi connectivity index (χ0v) is 14.7. The molecular weight excluding hydrogens is 340 g/mol. The van der Waals surface area contributed by atoms with Crippen LogP contribution in [0.15, 0.2) is 54.6 Å². The number of para-hydroxylation sites is 1. The summed E-state index contributed by atoms with van der Waals surface area (Å²) in [6.07, 6.45) is 0. The van der Waals surface area contributed by atoms with Crippen molar-refractivity contribution in [3.05, 3.63) is 60.2 Å². The number of amides is 1. The molecule has 0 aliphatic carbocycles. The van der Waals surface area contributed by atoms with Crippen LogP contribution in [0.4, 0.5) is 5.69 Å². The fraction of sp³-hybridized carbons (Fsp3) is 0.222. The van der Waals surface area contributed by atoms with E-state index in [2.05, 4.69) is 4.90 Å². The maximum atomic E-state index is 12.8. The van der Waals surface area contributed by atoms with Gasteiger partial charge in [-0.05, 0) is 42.0 Å². The monoisotopic (exact) mass is 356 g/mol. The second-order valence-corrected chi connectivity index (χ2v) is 7.15. The van der Waals surface area contributed by atoms with E-state index in [1.165, 1.54) is 0 Å². The summed E-state index contributed by atoms with van der Waals surface area (Å²) in [5.74, 6) is 1.64. The van der Waals surface area contributed by atoms with Gasteiger partial charge in [0.05, 0.1) is 12.8 Å². The molecule has 24 heavy (non-hydrogen) atoms. The number of thioether (sulfide) groups is 1. The maximum Gasteiger partial charge on any atom is 0.257 e. The van der Waals surface area contributed by atoms with Crippen molar-refractivity contribution in [2.24, 2.45) is 0 Å². The van der Waals surface area contributed by atoms with E-state index in [1.54, 1.807) is 23.8 Å². The molecule has 1 amide bonds. The van der Waals surface area contributed by atoms with E-state index in [9.17, 15) is 4.79 Å². The van der Waals surface area contributed by atoms with Crippen LogP contribution in [0.25, 0.3) is 0 Å². The number of carbonyl (C=O) groups excluding carboxylic acids is 1. The lowest BCUT2D eigenvalue weighted by Crippen LogP contribution is -2.33. The van der Waals surface area contributed by atoms with E-state index in [1.807, 2.05) is 54.6 Å². The van der Waals surface area contributed by atoms with Crippen LogP contribution in [0.5, 0.6) is 5.75 Å². The molecule has 2 heterocycles. The molecule has 2 atom stereocenters. The first-order valence-corrected chi connectivity index (χ1v) is 9.13. The number of ether oxygens (including phenoxy) is 1. The molecule has 0 aromatic heterocycles. The summed E-state index contributed by atoms with van der Waals surface area (Å²) in [4.78, 5) is 16.6. The van der Waals surface area contributed by atoms with Gasteiger partial charge in [0.1, 0.15) is 17.2 Å². The normalized spacial score (nSPS) is 22.9. The Balaban J connectivity index is 1.65. The van der Waals surface area contributed by atoms with Gasteiger partial charge in [0, 0.05) is 5.75 Å². The number of thiocarbonyl (C=S) groups is 1. The predicted molar refractivity (Wildman–Crippen MR) is 100 cm³/mol. The SMILES string of the molecule is COc1ccc(C2SCC3C(=O)N(c4ccccc4)C(=S)N32)cc1. The topological polar surface area (TPSA) is 32.8 Å². The highest BCUT2D eigenvalue weighted by atomic mass is 32.2. The fourth-order valence-corrected chi connectivity index (χ4v) is 5.05.